The summed E-state index contributed by atoms with van der Waals surface area (Å²) >= 11 is 11.3. The Kier molecular flexibility index (Phi) is 4.24. The van der Waals surface area contributed by atoms with Crippen molar-refractivity contribution in [3.8, 4) is 0 Å². The molecule has 2 N–H and O–H groups in total. The number of hydrogen-bond acceptors (Lipinski definition) is 1. The third-order valence-corrected chi connectivity index (χ3v) is 1.89. The average Bonchev–Trinajstić information content (AvgIpc) is 2.00. The number of hydrogen-bond donors (Lipinski definition) is 1. The fourth-order valence-corrected chi connectivity index (χ4v) is 0.644. The van der Waals surface area contributed by atoms with Crippen LogP contribution >= 0.6 is 23.2 Å². The third kappa shape index (κ3) is 2.46. The Morgan fingerprint density at radius 2 is 2.00 bits per heavy atom. The third-order valence-electron chi connectivity index (χ3n) is 1.04. The first-order valence-corrected chi connectivity index (χ1v) is 3.45. The molecular formula is C7H9Cl2N. The first-order valence-electron chi connectivity index (χ1n) is 2.70. The highest BCUT2D eigenvalue weighted by atomic mass is 35.5. The van der Waals surface area contributed by atoms with Crippen molar-refractivity contribution in [2.45, 2.75) is 6.92 Å². The molecule has 0 unspecified atom stereocenters. The largest absolute Gasteiger partial charge is 0.403 e. The predicted molar refractivity (Wildman–Crippen MR) is 46.9 cm³/mol. The Hall–Kier alpha value is -0.400. The summed E-state index contributed by atoms with van der Waals surface area (Å²) in [5.74, 6) is 0. The van der Waals surface area contributed by atoms with Crippen molar-refractivity contribution >= 4 is 23.2 Å². The SMILES string of the molecule is C=CC(Cl)=C(C)/C(Cl)=C\N. The van der Waals surface area contributed by atoms with E-state index in [1.54, 1.807) is 6.92 Å². The van der Waals surface area contributed by atoms with Gasteiger partial charge in [-0.15, -0.1) is 0 Å². The molecule has 10 heavy (non-hydrogen) atoms. The van der Waals surface area contributed by atoms with Gasteiger partial charge in [-0.05, 0) is 12.5 Å². The van der Waals surface area contributed by atoms with Crippen LogP contribution in [0.1, 0.15) is 6.92 Å². The molecule has 0 heterocycles. The van der Waals surface area contributed by atoms with Crippen LogP contribution in [0.25, 0.3) is 0 Å². The van der Waals surface area contributed by atoms with E-state index in [4.69, 9.17) is 28.9 Å². The maximum atomic E-state index is 5.67. The van der Waals surface area contributed by atoms with E-state index in [9.17, 15) is 0 Å². The molecule has 0 aromatic carbocycles. The van der Waals surface area contributed by atoms with Crippen LogP contribution < -0.4 is 5.73 Å². The maximum absolute atomic E-state index is 5.67. The lowest BCUT2D eigenvalue weighted by Gasteiger charge is -1.97. The first kappa shape index (κ1) is 9.60. The van der Waals surface area contributed by atoms with Crippen LogP contribution in [0, 0.1) is 0 Å². The highest BCUT2D eigenvalue weighted by Crippen LogP contribution is 2.19. The molecule has 0 amide bonds. The second-order valence-electron chi connectivity index (χ2n) is 1.69. The van der Waals surface area contributed by atoms with Gasteiger partial charge in [0.15, 0.2) is 0 Å². The van der Waals surface area contributed by atoms with Crippen molar-refractivity contribution < 1.29 is 0 Å². The second-order valence-corrected chi connectivity index (χ2v) is 2.51. The van der Waals surface area contributed by atoms with Gasteiger partial charge in [-0.25, -0.2) is 0 Å². The zero-order valence-electron chi connectivity index (χ0n) is 5.70. The number of allylic oxidation sites excluding steroid dienone is 4. The lowest BCUT2D eigenvalue weighted by atomic mass is 10.2. The summed E-state index contributed by atoms with van der Waals surface area (Å²) in [4.78, 5) is 0. The van der Waals surface area contributed by atoms with Crippen molar-refractivity contribution in [2.24, 2.45) is 5.73 Å². The molecule has 0 aliphatic carbocycles. The van der Waals surface area contributed by atoms with Gasteiger partial charge in [-0.1, -0.05) is 35.9 Å². The fraction of sp³-hybridized carbons (Fsp3) is 0.143. The van der Waals surface area contributed by atoms with Gasteiger partial charge in [-0.3, -0.25) is 0 Å². The summed E-state index contributed by atoms with van der Waals surface area (Å²) in [6.45, 7) is 5.26. The Morgan fingerprint density at radius 1 is 1.50 bits per heavy atom. The molecule has 56 valence electrons. The topological polar surface area (TPSA) is 26.0 Å². The molecule has 0 saturated heterocycles. The van der Waals surface area contributed by atoms with Crippen LogP contribution in [0.5, 0.6) is 0 Å². The minimum Gasteiger partial charge on any atom is -0.403 e. The molecule has 0 aliphatic heterocycles. The van der Waals surface area contributed by atoms with Gasteiger partial charge in [0.05, 0.1) is 5.03 Å². The molecular weight excluding hydrogens is 169 g/mol. The summed E-state index contributed by atoms with van der Waals surface area (Å²) < 4.78 is 0. The predicted octanol–water partition coefficient (Wildman–Crippen LogP) is 2.72. The van der Waals surface area contributed by atoms with Gasteiger partial charge in [-0.2, -0.15) is 0 Å². The minimum atomic E-state index is 0.449. The molecule has 3 heteroatoms. The molecule has 0 aliphatic rings. The molecule has 0 spiro atoms. The van der Waals surface area contributed by atoms with Gasteiger partial charge in [0.25, 0.3) is 0 Å². The number of halogens is 2. The Balaban J connectivity index is 4.63. The van der Waals surface area contributed by atoms with E-state index < -0.39 is 0 Å². The fourth-order valence-electron chi connectivity index (χ4n) is 0.392. The zero-order valence-corrected chi connectivity index (χ0v) is 7.21. The number of nitrogens with two attached hydrogens (primary N) is 1. The Labute approximate surface area is 70.8 Å². The summed E-state index contributed by atoms with van der Waals surface area (Å²) in [6, 6.07) is 0. The van der Waals surface area contributed by atoms with Crippen molar-refractivity contribution in [3.05, 3.63) is 34.5 Å². The van der Waals surface area contributed by atoms with E-state index in [1.807, 2.05) is 0 Å². The van der Waals surface area contributed by atoms with E-state index in [1.165, 1.54) is 12.3 Å². The maximum Gasteiger partial charge on any atom is 0.0604 e. The van der Waals surface area contributed by atoms with Crippen LogP contribution in [0.15, 0.2) is 34.5 Å². The van der Waals surface area contributed by atoms with Gasteiger partial charge in [0, 0.05) is 11.2 Å². The van der Waals surface area contributed by atoms with E-state index in [0.717, 1.165) is 5.57 Å². The highest BCUT2D eigenvalue weighted by molar-refractivity contribution is 6.36. The van der Waals surface area contributed by atoms with Crippen LogP contribution in [-0.2, 0) is 0 Å². The van der Waals surface area contributed by atoms with Gasteiger partial charge < -0.3 is 5.73 Å². The lowest BCUT2D eigenvalue weighted by molar-refractivity contribution is 1.43. The normalized spacial score (nSPS) is 14.5. The molecule has 0 aromatic rings. The lowest BCUT2D eigenvalue weighted by Crippen LogP contribution is -1.85. The van der Waals surface area contributed by atoms with E-state index in [-0.39, 0.29) is 0 Å². The van der Waals surface area contributed by atoms with Gasteiger partial charge in [0.1, 0.15) is 0 Å². The Bertz CT molecular complexity index is 192. The van der Waals surface area contributed by atoms with E-state index in [0.29, 0.717) is 10.1 Å². The van der Waals surface area contributed by atoms with E-state index in [2.05, 4.69) is 6.58 Å². The molecule has 0 saturated carbocycles. The molecule has 0 atom stereocenters. The van der Waals surface area contributed by atoms with Crippen LogP contribution in [0.4, 0.5) is 0 Å². The second kappa shape index (κ2) is 4.42. The minimum absolute atomic E-state index is 0.449. The van der Waals surface area contributed by atoms with Crippen molar-refractivity contribution in [1.29, 1.82) is 0 Å². The number of rotatable bonds is 2. The van der Waals surface area contributed by atoms with Gasteiger partial charge in [0.2, 0.25) is 0 Å². The smallest absolute Gasteiger partial charge is 0.0604 e. The summed E-state index contributed by atoms with van der Waals surface area (Å²) in [6.07, 6.45) is 2.81. The molecule has 0 aromatic heterocycles. The molecule has 0 bridgehead atoms. The monoisotopic (exact) mass is 177 g/mol. The molecule has 0 rings (SSSR count). The van der Waals surface area contributed by atoms with E-state index >= 15 is 0 Å². The summed E-state index contributed by atoms with van der Waals surface area (Å²) in [7, 11) is 0. The van der Waals surface area contributed by atoms with Crippen LogP contribution in [0.3, 0.4) is 0 Å². The van der Waals surface area contributed by atoms with Crippen molar-refractivity contribution in [1.82, 2.24) is 0 Å². The first-order chi connectivity index (χ1) is 4.63. The van der Waals surface area contributed by atoms with Crippen molar-refractivity contribution in [3.63, 3.8) is 0 Å². The average molecular weight is 178 g/mol. The van der Waals surface area contributed by atoms with Crippen LogP contribution in [0.2, 0.25) is 0 Å². The zero-order chi connectivity index (χ0) is 8.15. The highest BCUT2D eigenvalue weighted by Gasteiger charge is 1.97. The summed E-state index contributed by atoms with van der Waals surface area (Å²) in [5.41, 5.74) is 5.88. The quantitative estimate of drug-likeness (QED) is 0.646. The summed E-state index contributed by atoms with van der Waals surface area (Å²) in [5, 5.41) is 0.969. The molecule has 1 nitrogen and oxygen atoms in total. The molecule has 0 radical (unpaired) electrons. The Morgan fingerprint density at radius 3 is 2.30 bits per heavy atom. The molecule has 0 fully saturated rings. The van der Waals surface area contributed by atoms with Gasteiger partial charge >= 0.3 is 0 Å². The van der Waals surface area contributed by atoms with Crippen LogP contribution in [-0.4, -0.2) is 0 Å². The standard InChI is InChI=1S/C7H9Cl2N/c1-3-6(8)5(2)7(9)4-10/h3-4H,1,10H2,2H3/b6-5?,7-4+. The van der Waals surface area contributed by atoms with Crippen molar-refractivity contribution in [2.75, 3.05) is 0 Å².